The Morgan fingerprint density at radius 1 is 1.37 bits per heavy atom. The van der Waals surface area contributed by atoms with Gasteiger partial charge in [0.25, 0.3) is 0 Å². The second-order valence-electron chi connectivity index (χ2n) is 7.24. The fraction of sp³-hybridized carbons (Fsp3) is 0.650. The molecule has 0 spiro atoms. The molecule has 0 saturated carbocycles. The number of ether oxygens (including phenoxy) is 2. The van der Waals surface area contributed by atoms with E-state index < -0.39 is 0 Å². The highest BCUT2D eigenvalue weighted by atomic mass is 35.5. The minimum atomic E-state index is 0. The molecule has 2 aliphatic rings. The average Bonchev–Trinajstić information content (AvgIpc) is 2.67. The van der Waals surface area contributed by atoms with Crippen molar-refractivity contribution in [1.82, 2.24) is 15.5 Å². The summed E-state index contributed by atoms with van der Waals surface area (Å²) in [6.07, 6.45) is 1.83. The van der Waals surface area contributed by atoms with Crippen molar-refractivity contribution in [2.75, 3.05) is 46.0 Å². The Morgan fingerprint density at radius 2 is 2.19 bits per heavy atom. The van der Waals surface area contributed by atoms with Crippen molar-refractivity contribution in [3.8, 4) is 5.75 Å². The lowest BCUT2D eigenvalue weighted by Gasteiger charge is -2.27. The van der Waals surface area contributed by atoms with Crippen molar-refractivity contribution in [1.29, 1.82) is 0 Å². The largest absolute Gasteiger partial charge is 0.492 e. The Hall–Kier alpha value is -1.34. The number of rotatable bonds is 7. The first-order valence-electron chi connectivity index (χ1n) is 9.73. The first-order valence-corrected chi connectivity index (χ1v) is 9.73. The number of halogens is 1. The van der Waals surface area contributed by atoms with Crippen LogP contribution in [-0.2, 0) is 16.1 Å². The van der Waals surface area contributed by atoms with Gasteiger partial charge >= 0.3 is 0 Å². The Bertz CT molecular complexity index is 581. The van der Waals surface area contributed by atoms with Crippen LogP contribution in [0.4, 0.5) is 0 Å². The summed E-state index contributed by atoms with van der Waals surface area (Å²) >= 11 is 0. The third kappa shape index (κ3) is 7.30. The fourth-order valence-corrected chi connectivity index (χ4v) is 3.57. The molecular formula is C20H32ClN3O3. The highest BCUT2D eigenvalue weighted by molar-refractivity contribution is 5.85. The first-order chi connectivity index (χ1) is 12.7. The van der Waals surface area contributed by atoms with Crippen LogP contribution in [0.2, 0.25) is 0 Å². The number of nitrogens with zero attached hydrogens (tertiary/aromatic N) is 1. The zero-order chi connectivity index (χ0) is 18.2. The average molecular weight is 398 g/mol. The summed E-state index contributed by atoms with van der Waals surface area (Å²) in [5.74, 6) is 1.15. The van der Waals surface area contributed by atoms with Gasteiger partial charge in [-0.25, -0.2) is 0 Å². The molecule has 7 heteroatoms. The molecule has 0 unspecified atom stereocenters. The van der Waals surface area contributed by atoms with E-state index in [-0.39, 0.29) is 24.2 Å². The highest BCUT2D eigenvalue weighted by Crippen LogP contribution is 2.17. The molecule has 2 saturated heterocycles. The van der Waals surface area contributed by atoms with Gasteiger partial charge in [-0.05, 0) is 44.0 Å². The first kappa shape index (κ1) is 22.0. The molecule has 0 aliphatic carbocycles. The van der Waals surface area contributed by atoms with Gasteiger partial charge in [0.2, 0.25) is 5.91 Å². The van der Waals surface area contributed by atoms with Crippen molar-refractivity contribution in [3.63, 3.8) is 0 Å². The highest BCUT2D eigenvalue weighted by Gasteiger charge is 2.24. The van der Waals surface area contributed by atoms with Crippen LogP contribution >= 0.6 is 12.4 Å². The smallest absolute Gasteiger partial charge is 0.223 e. The van der Waals surface area contributed by atoms with Gasteiger partial charge in [0, 0.05) is 38.1 Å². The van der Waals surface area contributed by atoms with E-state index in [0.29, 0.717) is 19.2 Å². The maximum Gasteiger partial charge on any atom is 0.223 e. The molecule has 1 amide bonds. The molecule has 3 rings (SSSR count). The molecule has 0 aromatic heterocycles. The molecule has 1 aromatic rings. The monoisotopic (exact) mass is 397 g/mol. The molecule has 0 bridgehead atoms. The number of piperidine rings is 1. The van der Waals surface area contributed by atoms with Crippen molar-refractivity contribution in [3.05, 3.63) is 29.8 Å². The van der Waals surface area contributed by atoms with Crippen LogP contribution in [0.3, 0.4) is 0 Å². The molecule has 2 atom stereocenters. The normalized spacial score (nSPS) is 23.3. The van der Waals surface area contributed by atoms with Crippen LogP contribution in [-0.4, -0.2) is 62.8 Å². The zero-order valence-corrected chi connectivity index (χ0v) is 16.9. The lowest BCUT2D eigenvalue weighted by molar-refractivity contribution is -0.126. The molecule has 2 N–H and O–H groups in total. The number of carbonyl (C=O) groups excluding carboxylic acids is 1. The number of morpholine rings is 1. The van der Waals surface area contributed by atoms with Gasteiger partial charge in [-0.15, -0.1) is 12.4 Å². The maximum atomic E-state index is 12.4. The number of nitrogens with one attached hydrogen (secondary N) is 2. The molecular weight excluding hydrogens is 366 g/mol. The van der Waals surface area contributed by atoms with Crippen molar-refractivity contribution < 1.29 is 14.3 Å². The molecule has 152 valence electrons. The number of hydrogen-bond acceptors (Lipinski definition) is 5. The van der Waals surface area contributed by atoms with Crippen LogP contribution in [0.15, 0.2) is 24.3 Å². The van der Waals surface area contributed by atoms with Crippen LogP contribution in [0, 0.1) is 5.92 Å². The standard InChI is InChI=1S/C20H31N3O3.ClH/c1-16-13-18(5-6-21-16)20(24)22-15-17-3-2-4-19(14-17)26-12-9-23-7-10-25-11-8-23;/h2-4,14,16,18,21H,5-13,15H2,1H3,(H,22,24);1H/t16-,18-;/m0./s1. The van der Waals surface area contributed by atoms with Crippen LogP contribution < -0.4 is 15.4 Å². The second kappa shape index (κ2) is 11.5. The Labute approximate surface area is 168 Å². The van der Waals surface area contributed by atoms with Gasteiger partial charge in [-0.3, -0.25) is 9.69 Å². The van der Waals surface area contributed by atoms with Crippen molar-refractivity contribution in [2.45, 2.75) is 32.4 Å². The van der Waals surface area contributed by atoms with Gasteiger partial charge < -0.3 is 20.1 Å². The molecule has 27 heavy (non-hydrogen) atoms. The van der Waals surface area contributed by atoms with Crippen LogP contribution in [0.1, 0.15) is 25.3 Å². The molecule has 2 aliphatic heterocycles. The summed E-state index contributed by atoms with van der Waals surface area (Å²) in [5, 5.41) is 6.46. The summed E-state index contributed by atoms with van der Waals surface area (Å²) in [6.45, 7) is 8.77. The molecule has 6 nitrogen and oxygen atoms in total. The summed E-state index contributed by atoms with van der Waals surface area (Å²) < 4.78 is 11.2. The van der Waals surface area contributed by atoms with Gasteiger partial charge in [-0.2, -0.15) is 0 Å². The van der Waals surface area contributed by atoms with Crippen LogP contribution in [0.5, 0.6) is 5.75 Å². The van der Waals surface area contributed by atoms with Crippen LogP contribution in [0.25, 0.3) is 0 Å². The quantitative estimate of drug-likeness (QED) is 0.734. The van der Waals surface area contributed by atoms with E-state index in [9.17, 15) is 4.79 Å². The maximum absolute atomic E-state index is 12.4. The summed E-state index contributed by atoms with van der Waals surface area (Å²) in [6, 6.07) is 8.42. The van der Waals surface area contributed by atoms with E-state index in [1.54, 1.807) is 0 Å². The SMILES string of the molecule is C[C@H]1C[C@@H](C(=O)NCc2cccc(OCCN3CCOCC3)c2)CCN1.Cl. The van der Waals surface area contributed by atoms with Crippen molar-refractivity contribution in [2.24, 2.45) is 5.92 Å². The third-order valence-corrected chi connectivity index (χ3v) is 5.14. The minimum absolute atomic E-state index is 0. The van der Waals surface area contributed by atoms with Gasteiger partial charge in [0.05, 0.1) is 13.2 Å². The van der Waals surface area contributed by atoms with Gasteiger partial charge in [0.15, 0.2) is 0 Å². The zero-order valence-electron chi connectivity index (χ0n) is 16.1. The summed E-state index contributed by atoms with van der Waals surface area (Å²) in [4.78, 5) is 14.7. The van der Waals surface area contributed by atoms with Gasteiger partial charge in [0.1, 0.15) is 12.4 Å². The van der Waals surface area contributed by atoms with E-state index in [2.05, 4.69) is 22.5 Å². The topological polar surface area (TPSA) is 62.8 Å². The third-order valence-electron chi connectivity index (χ3n) is 5.14. The van der Waals surface area contributed by atoms with Crippen molar-refractivity contribution >= 4 is 18.3 Å². The molecule has 0 radical (unpaired) electrons. The van der Waals surface area contributed by atoms with E-state index >= 15 is 0 Å². The summed E-state index contributed by atoms with van der Waals surface area (Å²) in [7, 11) is 0. The predicted octanol–water partition coefficient (Wildman–Crippen LogP) is 1.82. The Morgan fingerprint density at radius 3 is 2.96 bits per heavy atom. The van der Waals surface area contributed by atoms with E-state index in [0.717, 1.165) is 63.5 Å². The predicted molar refractivity (Wildman–Crippen MR) is 108 cm³/mol. The Balaban J connectivity index is 0.00000261. The summed E-state index contributed by atoms with van der Waals surface area (Å²) in [5.41, 5.74) is 1.07. The lowest BCUT2D eigenvalue weighted by Crippen LogP contribution is -2.42. The van der Waals surface area contributed by atoms with Gasteiger partial charge in [-0.1, -0.05) is 12.1 Å². The number of amides is 1. The molecule has 2 fully saturated rings. The number of carbonyl (C=O) groups is 1. The fourth-order valence-electron chi connectivity index (χ4n) is 3.57. The second-order valence-corrected chi connectivity index (χ2v) is 7.24. The molecule has 1 aromatic carbocycles. The lowest BCUT2D eigenvalue weighted by atomic mass is 9.92. The number of benzene rings is 1. The minimum Gasteiger partial charge on any atom is -0.492 e. The Kier molecular flexibility index (Phi) is 9.34. The van der Waals surface area contributed by atoms with E-state index in [1.165, 1.54) is 0 Å². The molecule has 2 heterocycles. The van der Waals surface area contributed by atoms with E-state index in [4.69, 9.17) is 9.47 Å². The number of hydrogen-bond donors (Lipinski definition) is 2. The van der Waals surface area contributed by atoms with E-state index in [1.807, 2.05) is 24.3 Å².